The minimum absolute atomic E-state index is 0.0406. The van der Waals surface area contributed by atoms with Gasteiger partial charge < -0.3 is 10.3 Å². The maximum absolute atomic E-state index is 11.7. The molecule has 1 atom stereocenters. The van der Waals surface area contributed by atoms with Gasteiger partial charge >= 0.3 is 11.7 Å². The van der Waals surface area contributed by atoms with Gasteiger partial charge in [-0.15, -0.1) is 0 Å². The lowest BCUT2D eigenvalue weighted by atomic mass is 9.82. The van der Waals surface area contributed by atoms with Gasteiger partial charge in [0.1, 0.15) is 0 Å². The molecule has 1 aliphatic rings. The molecule has 0 spiro atoms. The standard InChI is InChI=1S/C11H14N2O3/c1-4-16-11(15)9-6(2)5-8(14)10(13-12)7(9)3/h6H,4-5H2,1-3H3. The average molecular weight is 222 g/mol. The zero-order valence-corrected chi connectivity index (χ0v) is 9.61. The Balaban J connectivity index is 3.22. The number of rotatable bonds is 2. The van der Waals surface area contributed by atoms with E-state index in [-0.39, 0.29) is 30.4 Å². The van der Waals surface area contributed by atoms with Crippen LogP contribution in [0.3, 0.4) is 0 Å². The van der Waals surface area contributed by atoms with E-state index in [4.69, 9.17) is 10.3 Å². The van der Waals surface area contributed by atoms with Crippen molar-refractivity contribution >= 4 is 17.5 Å². The molecule has 0 bridgehead atoms. The molecule has 0 saturated heterocycles. The third kappa shape index (κ3) is 2.09. The molecule has 0 heterocycles. The molecular weight excluding hydrogens is 208 g/mol. The van der Waals surface area contributed by atoms with E-state index < -0.39 is 5.97 Å². The van der Waals surface area contributed by atoms with Crippen LogP contribution < -0.4 is 0 Å². The van der Waals surface area contributed by atoms with E-state index in [9.17, 15) is 9.59 Å². The van der Waals surface area contributed by atoms with E-state index in [1.165, 1.54) is 0 Å². The van der Waals surface area contributed by atoms with E-state index in [0.717, 1.165) is 0 Å². The van der Waals surface area contributed by atoms with Crippen LogP contribution in [0.5, 0.6) is 0 Å². The number of nitrogens with zero attached hydrogens (tertiary/aromatic N) is 2. The van der Waals surface area contributed by atoms with Crippen molar-refractivity contribution in [2.45, 2.75) is 27.2 Å². The smallest absolute Gasteiger partial charge is 0.361 e. The first-order chi connectivity index (χ1) is 7.52. The molecule has 0 aliphatic heterocycles. The Bertz CT molecular complexity index is 417. The van der Waals surface area contributed by atoms with Crippen molar-refractivity contribution in [2.75, 3.05) is 6.61 Å². The summed E-state index contributed by atoms with van der Waals surface area (Å²) >= 11 is 0. The molecule has 16 heavy (non-hydrogen) atoms. The molecule has 0 N–H and O–H groups in total. The molecule has 0 aromatic carbocycles. The summed E-state index contributed by atoms with van der Waals surface area (Å²) in [6.07, 6.45) is 0.172. The second kappa shape index (κ2) is 4.86. The van der Waals surface area contributed by atoms with Crippen molar-refractivity contribution in [2.24, 2.45) is 5.92 Å². The minimum Gasteiger partial charge on any atom is -0.463 e. The lowest BCUT2D eigenvalue weighted by molar-refractivity contribution is -0.139. The molecule has 0 radical (unpaired) electrons. The van der Waals surface area contributed by atoms with E-state index in [0.29, 0.717) is 11.1 Å². The number of carbonyl (C=O) groups excluding carboxylic acids is 2. The summed E-state index contributed by atoms with van der Waals surface area (Å²) in [5.41, 5.74) is 9.52. The van der Waals surface area contributed by atoms with Crippen LogP contribution in [0.1, 0.15) is 27.2 Å². The fraction of sp³-hybridized carbons (Fsp3) is 0.545. The normalized spacial score (nSPS) is 20.8. The van der Waals surface area contributed by atoms with Crippen molar-refractivity contribution in [3.05, 3.63) is 16.7 Å². The Morgan fingerprint density at radius 2 is 2.25 bits per heavy atom. The van der Waals surface area contributed by atoms with Crippen molar-refractivity contribution in [3.8, 4) is 0 Å². The van der Waals surface area contributed by atoms with Gasteiger partial charge in [0.2, 0.25) is 5.78 Å². The van der Waals surface area contributed by atoms with Gasteiger partial charge in [-0.3, -0.25) is 4.79 Å². The fourth-order valence-electron chi connectivity index (χ4n) is 1.88. The van der Waals surface area contributed by atoms with Gasteiger partial charge in [0.15, 0.2) is 0 Å². The molecule has 0 aromatic heterocycles. The second-order valence-corrected chi connectivity index (χ2v) is 3.74. The van der Waals surface area contributed by atoms with Crippen LogP contribution in [0.4, 0.5) is 0 Å². The van der Waals surface area contributed by atoms with Crippen LogP contribution in [0.15, 0.2) is 11.1 Å². The van der Waals surface area contributed by atoms with E-state index >= 15 is 0 Å². The van der Waals surface area contributed by atoms with E-state index in [2.05, 4.69) is 4.79 Å². The lowest BCUT2D eigenvalue weighted by Gasteiger charge is -2.19. The zero-order chi connectivity index (χ0) is 12.3. The first-order valence-corrected chi connectivity index (χ1v) is 5.16. The molecule has 5 nitrogen and oxygen atoms in total. The van der Waals surface area contributed by atoms with Gasteiger partial charge in [0.05, 0.1) is 17.8 Å². The van der Waals surface area contributed by atoms with Crippen molar-refractivity contribution in [3.63, 3.8) is 0 Å². The SMILES string of the molecule is CCOC(=O)C1=C(C)C(=[N+]=[N-])C(=O)CC1C. The third-order valence-corrected chi connectivity index (χ3v) is 2.60. The predicted molar refractivity (Wildman–Crippen MR) is 56.7 cm³/mol. The van der Waals surface area contributed by atoms with Gasteiger partial charge in [-0.05, 0) is 19.8 Å². The highest BCUT2D eigenvalue weighted by atomic mass is 16.5. The Kier molecular flexibility index (Phi) is 3.74. The third-order valence-electron chi connectivity index (χ3n) is 2.60. The largest absolute Gasteiger partial charge is 0.463 e. The molecule has 86 valence electrons. The first kappa shape index (κ1) is 12.3. The van der Waals surface area contributed by atoms with Gasteiger partial charge in [0, 0.05) is 6.42 Å². The van der Waals surface area contributed by atoms with Gasteiger partial charge in [-0.2, -0.15) is 4.79 Å². The number of hydrogen-bond acceptors (Lipinski definition) is 3. The number of Topliss-reactive ketones (excluding diaryl/α,β-unsaturated/α-hetero) is 1. The molecule has 0 saturated carbocycles. The fourth-order valence-corrected chi connectivity index (χ4v) is 1.88. The number of ether oxygens (including phenoxy) is 1. The summed E-state index contributed by atoms with van der Waals surface area (Å²) in [5.74, 6) is -0.890. The Labute approximate surface area is 93.7 Å². The Morgan fingerprint density at radius 1 is 1.62 bits per heavy atom. The topological polar surface area (TPSA) is 79.8 Å². The highest BCUT2D eigenvalue weighted by Gasteiger charge is 2.37. The highest BCUT2D eigenvalue weighted by molar-refractivity contribution is 6.45. The minimum atomic E-state index is -0.443. The predicted octanol–water partition coefficient (Wildman–Crippen LogP) is 1.15. The van der Waals surface area contributed by atoms with Crippen LogP contribution in [-0.4, -0.2) is 28.9 Å². The number of carbonyl (C=O) groups is 2. The van der Waals surface area contributed by atoms with Crippen LogP contribution in [0, 0.1) is 5.92 Å². The molecule has 5 heteroatoms. The molecule has 0 amide bonds. The molecule has 0 aromatic rings. The van der Waals surface area contributed by atoms with Gasteiger partial charge in [-0.1, -0.05) is 6.92 Å². The second-order valence-electron chi connectivity index (χ2n) is 3.74. The summed E-state index contributed by atoms with van der Waals surface area (Å²) in [6, 6.07) is 0. The van der Waals surface area contributed by atoms with Crippen molar-refractivity contribution in [1.29, 1.82) is 0 Å². The summed E-state index contributed by atoms with van der Waals surface area (Å²) in [5, 5.41) is 0. The highest BCUT2D eigenvalue weighted by Crippen LogP contribution is 2.26. The quantitative estimate of drug-likeness (QED) is 0.399. The number of allylic oxidation sites excluding steroid dienone is 1. The summed E-state index contributed by atoms with van der Waals surface area (Å²) in [4.78, 5) is 26.1. The summed E-state index contributed by atoms with van der Waals surface area (Å²) in [6.45, 7) is 5.37. The van der Waals surface area contributed by atoms with Crippen LogP contribution in [0.25, 0.3) is 5.53 Å². The zero-order valence-electron chi connectivity index (χ0n) is 9.61. The maximum atomic E-state index is 11.7. The molecular formula is C11H14N2O3. The van der Waals surface area contributed by atoms with Crippen molar-refractivity contribution < 1.29 is 19.1 Å². The van der Waals surface area contributed by atoms with E-state index in [1.54, 1.807) is 20.8 Å². The summed E-state index contributed by atoms with van der Waals surface area (Å²) in [7, 11) is 0. The Hall–Kier alpha value is -1.74. The van der Waals surface area contributed by atoms with Gasteiger partial charge in [-0.25, -0.2) is 4.79 Å². The molecule has 0 fully saturated rings. The molecule has 1 aliphatic carbocycles. The molecule has 1 rings (SSSR count). The molecule has 1 unspecified atom stereocenters. The average Bonchev–Trinajstić information content (AvgIpc) is 2.17. The Morgan fingerprint density at radius 3 is 2.75 bits per heavy atom. The van der Waals surface area contributed by atoms with Crippen LogP contribution in [-0.2, 0) is 14.3 Å². The number of hydrogen-bond donors (Lipinski definition) is 0. The summed E-state index contributed by atoms with van der Waals surface area (Å²) < 4.78 is 4.91. The van der Waals surface area contributed by atoms with Crippen molar-refractivity contribution in [1.82, 2.24) is 0 Å². The number of esters is 1. The first-order valence-electron chi connectivity index (χ1n) is 5.16. The van der Waals surface area contributed by atoms with Gasteiger partial charge in [0.25, 0.3) is 0 Å². The lowest BCUT2D eigenvalue weighted by Crippen LogP contribution is -2.31. The monoisotopic (exact) mass is 222 g/mol. The van der Waals surface area contributed by atoms with E-state index in [1.807, 2.05) is 0 Å². The maximum Gasteiger partial charge on any atom is 0.361 e. The van der Waals surface area contributed by atoms with Crippen LogP contribution >= 0.6 is 0 Å². The number of ketones is 1. The van der Waals surface area contributed by atoms with Crippen LogP contribution in [0.2, 0.25) is 0 Å².